The lowest BCUT2D eigenvalue weighted by molar-refractivity contribution is -0.384. The molecule has 1 amide bonds. The minimum absolute atomic E-state index is 0.0419. The Hall–Kier alpha value is -3.14. The summed E-state index contributed by atoms with van der Waals surface area (Å²) >= 11 is 0. The molecule has 0 aliphatic heterocycles. The Morgan fingerprint density at radius 1 is 1.24 bits per heavy atom. The zero-order valence-electron chi connectivity index (χ0n) is 16.4. The Balaban J connectivity index is 2.04. The van der Waals surface area contributed by atoms with E-state index in [4.69, 9.17) is 4.74 Å². The summed E-state index contributed by atoms with van der Waals surface area (Å²) in [6.07, 6.45) is 0.941. The topological polar surface area (TPSA) is 119 Å². The van der Waals surface area contributed by atoms with Gasteiger partial charge in [0.05, 0.1) is 23.4 Å². The lowest BCUT2D eigenvalue weighted by Gasteiger charge is -2.28. The molecule has 156 valence electrons. The first-order chi connectivity index (χ1) is 13.6. The Labute approximate surface area is 169 Å². The van der Waals surface area contributed by atoms with Crippen molar-refractivity contribution in [2.45, 2.75) is 19.9 Å². The van der Waals surface area contributed by atoms with Crippen LogP contribution in [0.25, 0.3) is 0 Å². The van der Waals surface area contributed by atoms with Gasteiger partial charge in [-0.15, -0.1) is 0 Å². The summed E-state index contributed by atoms with van der Waals surface area (Å²) in [5.74, 6) is 0.113. The minimum atomic E-state index is -3.86. The highest BCUT2D eigenvalue weighted by atomic mass is 32.2. The van der Waals surface area contributed by atoms with Crippen LogP contribution in [0.15, 0.2) is 48.5 Å². The molecular formula is C19H23N3O6S. The van der Waals surface area contributed by atoms with Crippen molar-refractivity contribution in [2.75, 3.05) is 23.7 Å². The Bertz CT molecular complexity index is 976. The van der Waals surface area contributed by atoms with Crippen LogP contribution in [-0.4, -0.2) is 44.7 Å². The van der Waals surface area contributed by atoms with Crippen molar-refractivity contribution < 1.29 is 22.9 Å². The molecule has 0 bridgehead atoms. The molecule has 2 aromatic rings. The number of nitrogens with one attached hydrogen (secondary N) is 1. The molecule has 29 heavy (non-hydrogen) atoms. The van der Waals surface area contributed by atoms with E-state index in [-0.39, 0.29) is 24.5 Å². The molecule has 0 spiro atoms. The summed E-state index contributed by atoms with van der Waals surface area (Å²) in [7, 11) is -3.86. The zero-order chi connectivity index (χ0) is 21.6. The Kier molecular flexibility index (Phi) is 7.16. The Morgan fingerprint density at radius 3 is 2.48 bits per heavy atom. The first-order valence-corrected chi connectivity index (χ1v) is 10.7. The molecule has 0 aromatic heterocycles. The van der Waals surface area contributed by atoms with E-state index in [1.807, 2.05) is 31.2 Å². The number of non-ortho nitro benzene ring substituents is 1. The molecule has 2 rings (SSSR count). The molecule has 0 saturated carbocycles. The summed E-state index contributed by atoms with van der Waals surface area (Å²) in [5.41, 5.74) is 0.872. The van der Waals surface area contributed by atoms with Gasteiger partial charge in [0.25, 0.3) is 5.69 Å². The molecule has 0 saturated heterocycles. The maximum atomic E-state index is 12.5. The molecule has 0 fully saturated rings. The van der Waals surface area contributed by atoms with Gasteiger partial charge in [-0.05, 0) is 32.0 Å². The van der Waals surface area contributed by atoms with Gasteiger partial charge in [0.1, 0.15) is 18.4 Å². The second-order valence-corrected chi connectivity index (χ2v) is 8.32. The second-order valence-electron chi connectivity index (χ2n) is 6.46. The lowest BCUT2D eigenvalue weighted by atomic mass is 10.2. The number of hydrogen-bond donors (Lipinski definition) is 1. The first-order valence-electron chi connectivity index (χ1n) is 8.80. The highest BCUT2D eigenvalue weighted by Crippen LogP contribution is 2.25. The molecule has 0 heterocycles. The van der Waals surface area contributed by atoms with E-state index in [0.717, 1.165) is 22.2 Å². The third-order valence-corrected chi connectivity index (χ3v) is 5.32. The van der Waals surface area contributed by atoms with E-state index >= 15 is 0 Å². The number of carbonyl (C=O) groups is 1. The molecule has 10 heteroatoms. The Morgan fingerprint density at radius 2 is 1.90 bits per heavy atom. The molecule has 0 unspecified atom stereocenters. The highest BCUT2D eigenvalue weighted by molar-refractivity contribution is 7.92. The monoisotopic (exact) mass is 421 g/mol. The van der Waals surface area contributed by atoms with E-state index < -0.39 is 26.9 Å². The number of hydrogen-bond acceptors (Lipinski definition) is 6. The molecule has 0 radical (unpaired) electrons. The maximum absolute atomic E-state index is 12.5. The van der Waals surface area contributed by atoms with Crippen LogP contribution in [0.4, 0.5) is 11.4 Å². The van der Waals surface area contributed by atoms with Gasteiger partial charge >= 0.3 is 0 Å². The summed E-state index contributed by atoms with van der Waals surface area (Å²) in [6, 6.07) is 11.5. The van der Waals surface area contributed by atoms with Gasteiger partial charge in [-0.2, -0.15) is 0 Å². The van der Waals surface area contributed by atoms with Crippen LogP contribution in [0.3, 0.4) is 0 Å². The van der Waals surface area contributed by atoms with Crippen molar-refractivity contribution >= 4 is 27.3 Å². The zero-order valence-corrected chi connectivity index (χ0v) is 17.2. The number of nitro groups is 1. The largest absolute Gasteiger partial charge is 0.492 e. The minimum Gasteiger partial charge on any atom is -0.492 e. The number of ether oxygens (including phenoxy) is 1. The van der Waals surface area contributed by atoms with Crippen LogP contribution in [0.1, 0.15) is 12.5 Å². The lowest BCUT2D eigenvalue weighted by Crippen LogP contribution is -2.48. The molecule has 1 atom stereocenters. The summed E-state index contributed by atoms with van der Waals surface area (Å²) in [6.45, 7) is 3.75. The predicted molar refractivity (Wildman–Crippen MR) is 110 cm³/mol. The molecule has 0 aliphatic carbocycles. The number of sulfonamides is 1. The van der Waals surface area contributed by atoms with Crippen LogP contribution in [0.2, 0.25) is 0 Å². The number of rotatable bonds is 9. The highest BCUT2D eigenvalue weighted by Gasteiger charge is 2.29. The number of amides is 1. The number of aryl methyl sites for hydroxylation is 1. The van der Waals surface area contributed by atoms with Crippen LogP contribution in [0.5, 0.6) is 5.75 Å². The van der Waals surface area contributed by atoms with Crippen molar-refractivity contribution in [3.8, 4) is 5.75 Å². The fourth-order valence-corrected chi connectivity index (χ4v) is 3.84. The van der Waals surface area contributed by atoms with E-state index in [1.165, 1.54) is 25.1 Å². The quantitative estimate of drug-likeness (QED) is 0.377. The molecule has 2 aromatic carbocycles. The fraction of sp³-hybridized carbons (Fsp3) is 0.316. The van der Waals surface area contributed by atoms with Gasteiger partial charge in [-0.3, -0.25) is 19.2 Å². The number of carbonyl (C=O) groups excluding carboxylic acids is 1. The SMILES string of the molecule is Cc1ccc(OCCNC(=O)[C@H](C)N(c2cccc([N+](=O)[O-])c2)S(C)(=O)=O)cc1. The van der Waals surface area contributed by atoms with E-state index in [1.54, 1.807) is 0 Å². The van der Waals surface area contributed by atoms with Gasteiger partial charge in [0.2, 0.25) is 15.9 Å². The molecule has 1 N–H and O–H groups in total. The van der Waals surface area contributed by atoms with Gasteiger partial charge in [0.15, 0.2) is 0 Å². The van der Waals surface area contributed by atoms with Gasteiger partial charge < -0.3 is 10.1 Å². The van der Waals surface area contributed by atoms with E-state index in [9.17, 15) is 23.3 Å². The number of benzene rings is 2. The number of nitrogens with zero attached hydrogens (tertiary/aromatic N) is 2. The van der Waals surface area contributed by atoms with Crippen molar-refractivity contribution in [2.24, 2.45) is 0 Å². The van der Waals surface area contributed by atoms with Crippen molar-refractivity contribution in [3.05, 3.63) is 64.2 Å². The molecule has 0 aliphatic rings. The van der Waals surface area contributed by atoms with Crippen molar-refractivity contribution in [3.63, 3.8) is 0 Å². The second kappa shape index (κ2) is 9.37. The van der Waals surface area contributed by atoms with Gasteiger partial charge in [-0.1, -0.05) is 23.8 Å². The third kappa shape index (κ3) is 6.18. The fourth-order valence-electron chi connectivity index (χ4n) is 2.68. The van der Waals surface area contributed by atoms with Crippen LogP contribution in [-0.2, 0) is 14.8 Å². The summed E-state index contributed by atoms with van der Waals surface area (Å²) < 4.78 is 30.9. The van der Waals surface area contributed by atoms with E-state index in [0.29, 0.717) is 5.75 Å². The van der Waals surface area contributed by atoms with Crippen molar-refractivity contribution in [1.29, 1.82) is 0 Å². The summed E-state index contributed by atoms with van der Waals surface area (Å²) in [4.78, 5) is 22.8. The van der Waals surface area contributed by atoms with Gasteiger partial charge in [-0.25, -0.2) is 8.42 Å². The summed E-state index contributed by atoms with van der Waals surface area (Å²) in [5, 5.41) is 13.6. The van der Waals surface area contributed by atoms with E-state index in [2.05, 4.69) is 5.32 Å². The molecule has 9 nitrogen and oxygen atoms in total. The smallest absolute Gasteiger partial charge is 0.271 e. The average Bonchev–Trinajstić information content (AvgIpc) is 2.65. The standard InChI is InChI=1S/C19H23N3O6S/c1-14-7-9-18(10-8-14)28-12-11-20-19(23)15(2)21(29(3,26)27)16-5-4-6-17(13-16)22(24)25/h4-10,13,15H,11-12H2,1-3H3,(H,20,23)/t15-/m0/s1. The van der Waals surface area contributed by atoms with Gasteiger partial charge in [0, 0.05) is 12.1 Å². The third-order valence-electron chi connectivity index (χ3n) is 4.07. The maximum Gasteiger partial charge on any atom is 0.271 e. The van der Waals surface area contributed by atoms with Crippen LogP contribution in [0, 0.1) is 17.0 Å². The predicted octanol–water partition coefficient (Wildman–Crippen LogP) is 2.25. The number of nitro benzene ring substituents is 1. The van der Waals surface area contributed by atoms with Crippen LogP contribution < -0.4 is 14.4 Å². The number of anilines is 1. The average molecular weight is 421 g/mol. The van der Waals surface area contributed by atoms with Crippen molar-refractivity contribution in [1.82, 2.24) is 5.32 Å². The molecular weight excluding hydrogens is 398 g/mol. The normalized spacial score (nSPS) is 12.1. The first kappa shape index (κ1) is 22.2. The van der Waals surface area contributed by atoms with Crippen LogP contribution >= 0.6 is 0 Å².